The number of carbonyl (C=O) groups is 1. The average molecular weight is 436 g/mol. The van der Waals surface area contributed by atoms with Crippen molar-refractivity contribution in [3.8, 4) is 0 Å². The number of thiophene rings is 1. The van der Waals surface area contributed by atoms with Crippen molar-refractivity contribution in [1.29, 1.82) is 0 Å². The number of hydrogen-bond acceptors (Lipinski definition) is 5. The number of aromatic nitrogens is 3. The van der Waals surface area contributed by atoms with Crippen LogP contribution in [0.4, 0.5) is 0 Å². The van der Waals surface area contributed by atoms with Crippen molar-refractivity contribution >= 4 is 27.3 Å². The van der Waals surface area contributed by atoms with Gasteiger partial charge in [-0.1, -0.05) is 6.92 Å². The van der Waals surface area contributed by atoms with E-state index in [2.05, 4.69) is 16.5 Å². The number of nitrogens with zero attached hydrogens (tertiary/aromatic N) is 3. The molecule has 0 aliphatic heterocycles. The number of rotatable bonds is 5. The molecular formula is C24H25N3O3S. The van der Waals surface area contributed by atoms with Crippen molar-refractivity contribution < 1.29 is 9.21 Å². The van der Waals surface area contributed by atoms with E-state index in [0.717, 1.165) is 46.8 Å². The summed E-state index contributed by atoms with van der Waals surface area (Å²) in [5.41, 5.74) is 3.54. The van der Waals surface area contributed by atoms with Crippen molar-refractivity contribution in [3.05, 3.63) is 74.3 Å². The molecule has 0 unspecified atom stereocenters. The van der Waals surface area contributed by atoms with Crippen molar-refractivity contribution in [2.24, 2.45) is 5.92 Å². The Morgan fingerprint density at radius 2 is 2.19 bits per heavy atom. The smallest absolute Gasteiger partial charge is 0.262 e. The highest BCUT2D eigenvalue weighted by Crippen LogP contribution is 2.35. The van der Waals surface area contributed by atoms with Crippen LogP contribution in [0, 0.1) is 19.8 Å². The van der Waals surface area contributed by atoms with E-state index in [0.29, 0.717) is 23.4 Å². The summed E-state index contributed by atoms with van der Waals surface area (Å²) in [4.78, 5) is 33.0. The lowest BCUT2D eigenvalue weighted by Gasteiger charge is -2.17. The fourth-order valence-corrected chi connectivity index (χ4v) is 5.94. The minimum Gasteiger partial charge on any atom is -0.467 e. The molecule has 160 valence electrons. The summed E-state index contributed by atoms with van der Waals surface area (Å²) < 4.78 is 8.98. The van der Waals surface area contributed by atoms with Crippen LogP contribution in [-0.4, -0.2) is 19.9 Å². The molecule has 0 saturated carbocycles. The van der Waals surface area contributed by atoms with Gasteiger partial charge in [0.2, 0.25) is 0 Å². The molecule has 1 aliphatic rings. The van der Waals surface area contributed by atoms with Crippen LogP contribution in [-0.2, 0) is 25.9 Å². The minimum atomic E-state index is -0.102. The van der Waals surface area contributed by atoms with Crippen LogP contribution >= 0.6 is 11.3 Å². The Bertz CT molecular complexity index is 1340. The van der Waals surface area contributed by atoms with E-state index < -0.39 is 0 Å². The van der Waals surface area contributed by atoms with E-state index in [1.807, 2.05) is 32.0 Å². The third-order valence-corrected chi connectivity index (χ3v) is 7.53. The molecule has 0 spiro atoms. The summed E-state index contributed by atoms with van der Waals surface area (Å²) in [6.45, 7) is 6.73. The molecule has 0 radical (unpaired) electrons. The Balaban J connectivity index is 1.46. The third kappa shape index (κ3) is 3.47. The first-order valence-corrected chi connectivity index (χ1v) is 11.5. The molecule has 31 heavy (non-hydrogen) atoms. The first kappa shape index (κ1) is 20.0. The second-order valence-corrected chi connectivity index (χ2v) is 9.67. The summed E-state index contributed by atoms with van der Waals surface area (Å²) in [6, 6.07) is 5.67. The lowest BCUT2D eigenvalue weighted by Crippen LogP contribution is -2.25. The molecule has 4 aromatic heterocycles. The fourth-order valence-electron chi connectivity index (χ4n) is 4.60. The summed E-state index contributed by atoms with van der Waals surface area (Å²) >= 11 is 1.63. The second kappa shape index (κ2) is 7.64. The molecule has 0 fully saturated rings. The Kier molecular flexibility index (Phi) is 4.93. The van der Waals surface area contributed by atoms with E-state index in [-0.39, 0.29) is 17.9 Å². The zero-order valence-corrected chi connectivity index (χ0v) is 18.8. The SMILES string of the molecule is Cc1cc(C(=O)Cn2cnc3sc4c(c3c2=O)CC[C@H](C)C4)c(C)n1Cc1ccco1. The van der Waals surface area contributed by atoms with Gasteiger partial charge in [0, 0.05) is 21.8 Å². The van der Waals surface area contributed by atoms with Gasteiger partial charge in [-0.25, -0.2) is 4.98 Å². The molecule has 4 heterocycles. The van der Waals surface area contributed by atoms with Gasteiger partial charge in [-0.15, -0.1) is 11.3 Å². The number of furan rings is 1. The maximum atomic E-state index is 13.2. The lowest BCUT2D eigenvalue weighted by molar-refractivity contribution is 0.0970. The summed E-state index contributed by atoms with van der Waals surface area (Å²) in [5, 5.41) is 0.713. The first-order chi connectivity index (χ1) is 14.9. The van der Waals surface area contributed by atoms with E-state index in [9.17, 15) is 9.59 Å². The quantitative estimate of drug-likeness (QED) is 0.432. The molecule has 0 aromatic carbocycles. The Morgan fingerprint density at radius 1 is 1.35 bits per heavy atom. The second-order valence-electron chi connectivity index (χ2n) is 8.58. The number of aryl methyl sites for hydroxylation is 2. The van der Waals surface area contributed by atoms with Gasteiger partial charge < -0.3 is 8.98 Å². The molecule has 0 saturated heterocycles. The molecular weight excluding hydrogens is 410 g/mol. The van der Waals surface area contributed by atoms with Crippen molar-refractivity contribution in [2.45, 2.75) is 53.1 Å². The van der Waals surface area contributed by atoms with Gasteiger partial charge in [0.05, 0.1) is 31.1 Å². The molecule has 0 bridgehead atoms. The molecule has 0 amide bonds. The van der Waals surface area contributed by atoms with Crippen molar-refractivity contribution in [1.82, 2.24) is 14.1 Å². The Hall–Kier alpha value is -2.93. The number of carbonyl (C=O) groups excluding carboxylic acids is 1. The topological polar surface area (TPSA) is 70.0 Å². The van der Waals surface area contributed by atoms with E-state index >= 15 is 0 Å². The Labute approximate surface area is 184 Å². The first-order valence-electron chi connectivity index (χ1n) is 10.6. The number of hydrogen-bond donors (Lipinski definition) is 0. The number of ketones is 1. The number of Topliss-reactive ketones (excluding diaryl/α,β-unsaturated/α-hetero) is 1. The van der Waals surface area contributed by atoms with Crippen LogP contribution in [0.25, 0.3) is 10.2 Å². The third-order valence-electron chi connectivity index (χ3n) is 6.36. The standard InChI is InChI=1S/C24H25N3O3S/c1-14-6-7-18-21(9-14)31-23-22(18)24(29)26(13-25-23)12-20(28)19-10-15(2)27(16(19)3)11-17-5-4-8-30-17/h4-5,8,10,13-14H,6-7,9,11-12H2,1-3H3/t14-/m0/s1. The molecule has 6 nitrogen and oxygen atoms in total. The van der Waals surface area contributed by atoms with Gasteiger partial charge in [-0.3, -0.25) is 14.2 Å². The monoisotopic (exact) mass is 435 g/mol. The summed E-state index contributed by atoms with van der Waals surface area (Å²) in [7, 11) is 0. The van der Waals surface area contributed by atoms with Crippen LogP contribution in [0.15, 0.2) is 40.0 Å². The predicted molar refractivity (Wildman–Crippen MR) is 121 cm³/mol. The van der Waals surface area contributed by atoms with E-state index in [1.165, 1.54) is 15.8 Å². The average Bonchev–Trinajstić information content (AvgIpc) is 3.44. The number of fused-ring (bicyclic) bond motifs is 3. The normalized spacial score (nSPS) is 16.0. The highest BCUT2D eigenvalue weighted by atomic mass is 32.1. The van der Waals surface area contributed by atoms with Crippen LogP contribution in [0.5, 0.6) is 0 Å². The van der Waals surface area contributed by atoms with Crippen LogP contribution in [0.2, 0.25) is 0 Å². The van der Waals surface area contributed by atoms with E-state index in [1.54, 1.807) is 17.6 Å². The molecule has 5 rings (SSSR count). The highest BCUT2D eigenvalue weighted by molar-refractivity contribution is 7.18. The predicted octanol–water partition coefficient (Wildman–Crippen LogP) is 4.53. The summed E-state index contributed by atoms with van der Waals surface area (Å²) in [5.74, 6) is 1.39. The Morgan fingerprint density at radius 3 is 2.97 bits per heavy atom. The fraction of sp³-hybridized carbons (Fsp3) is 0.375. The zero-order valence-electron chi connectivity index (χ0n) is 18.0. The maximum absolute atomic E-state index is 13.2. The van der Waals surface area contributed by atoms with Gasteiger partial charge in [0.25, 0.3) is 5.56 Å². The maximum Gasteiger partial charge on any atom is 0.262 e. The lowest BCUT2D eigenvalue weighted by atomic mass is 9.89. The van der Waals surface area contributed by atoms with E-state index in [4.69, 9.17) is 4.42 Å². The molecule has 7 heteroatoms. The highest BCUT2D eigenvalue weighted by Gasteiger charge is 2.24. The molecule has 1 atom stereocenters. The van der Waals surface area contributed by atoms with Crippen LogP contribution in [0.1, 0.15) is 51.3 Å². The minimum absolute atomic E-state index is 0.00611. The van der Waals surface area contributed by atoms with Gasteiger partial charge in [0.15, 0.2) is 5.78 Å². The van der Waals surface area contributed by atoms with Crippen LogP contribution in [0.3, 0.4) is 0 Å². The van der Waals surface area contributed by atoms with Gasteiger partial charge in [-0.05, 0) is 62.8 Å². The van der Waals surface area contributed by atoms with Crippen molar-refractivity contribution in [2.75, 3.05) is 0 Å². The summed E-state index contributed by atoms with van der Waals surface area (Å²) in [6.07, 6.45) is 6.19. The van der Waals surface area contributed by atoms with Crippen LogP contribution < -0.4 is 5.56 Å². The van der Waals surface area contributed by atoms with Gasteiger partial charge in [0.1, 0.15) is 10.6 Å². The van der Waals surface area contributed by atoms with Gasteiger partial charge in [-0.2, -0.15) is 0 Å². The molecule has 1 aliphatic carbocycles. The molecule has 4 aromatic rings. The molecule has 0 N–H and O–H groups in total. The largest absolute Gasteiger partial charge is 0.467 e. The van der Waals surface area contributed by atoms with Crippen molar-refractivity contribution in [3.63, 3.8) is 0 Å². The zero-order chi connectivity index (χ0) is 21.7. The van der Waals surface area contributed by atoms with Gasteiger partial charge >= 0.3 is 0 Å².